The van der Waals surface area contributed by atoms with E-state index in [2.05, 4.69) is 5.32 Å². The summed E-state index contributed by atoms with van der Waals surface area (Å²) in [7, 11) is 0. The number of hydrogen-bond acceptors (Lipinski definition) is 3. The molecule has 2 saturated heterocycles. The van der Waals surface area contributed by atoms with Gasteiger partial charge in [-0.2, -0.15) is 0 Å². The molecule has 0 saturated carbocycles. The lowest BCUT2D eigenvalue weighted by Crippen LogP contribution is -2.46. The monoisotopic (exact) mass is 262 g/mol. The molecular weight excluding hydrogens is 240 g/mol. The number of hydrogen-bond donors (Lipinski definition) is 1. The van der Waals surface area contributed by atoms with Gasteiger partial charge in [-0.05, 0) is 39.2 Å². The third-order valence-corrected chi connectivity index (χ3v) is 3.50. The zero-order valence-electron chi connectivity index (χ0n) is 10.5. The van der Waals surface area contributed by atoms with Crippen LogP contribution >= 0.6 is 12.4 Å². The van der Waals surface area contributed by atoms with Gasteiger partial charge in [-0.15, -0.1) is 12.4 Å². The maximum atomic E-state index is 12.2. The first-order chi connectivity index (χ1) is 7.81. The lowest BCUT2D eigenvalue weighted by molar-refractivity contribution is -0.134. The average molecular weight is 263 g/mol. The first kappa shape index (κ1) is 14.7. The lowest BCUT2D eigenvalue weighted by atomic mass is 10.1. The van der Waals surface area contributed by atoms with E-state index >= 15 is 0 Å². The molecule has 0 aromatic heterocycles. The molecule has 2 unspecified atom stereocenters. The molecule has 0 bridgehead atoms. The Morgan fingerprint density at radius 2 is 2.24 bits per heavy atom. The van der Waals surface area contributed by atoms with Gasteiger partial charge in [0.1, 0.15) is 0 Å². The maximum Gasteiger partial charge on any atom is 0.239 e. The number of rotatable bonds is 4. The van der Waals surface area contributed by atoms with E-state index in [4.69, 9.17) is 4.74 Å². The predicted octanol–water partition coefficient (Wildman–Crippen LogP) is 1.19. The third kappa shape index (κ3) is 3.83. The molecule has 1 N–H and O–H groups in total. The van der Waals surface area contributed by atoms with E-state index in [0.29, 0.717) is 0 Å². The van der Waals surface area contributed by atoms with Crippen molar-refractivity contribution in [3.63, 3.8) is 0 Å². The van der Waals surface area contributed by atoms with Crippen molar-refractivity contribution in [3.8, 4) is 0 Å². The van der Waals surface area contributed by atoms with Crippen molar-refractivity contribution in [1.29, 1.82) is 0 Å². The van der Waals surface area contributed by atoms with E-state index in [1.807, 2.05) is 11.8 Å². The van der Waals surface area contributed by atoms with Gasteiger partial charge in [-0.1, -0.05) is 0 Å². The Hall–Kier alpha value is -0.320. The Labute approximate surface area is 109 Å². The molecule has 2 fully saturated rings. The Morgan fingerprint density at radius 1 is 1.41 bits per heavy atom. The van der Waals surface area contributed by atoms with Crippen molar-refractivity contribution in [3.05, 3.63) is 0 Å². The van der Waals surface area contributed by atoms with Crippen molar-refractivity contribution in [2.75, 3.05) is 26.2 Å². The van der Waals surface area contributed by atoms with Gasteiger partial charge in [0.05, 0.1) is 12.1 Å². The Balaban J connectivity index is 0.00000144. The highest BCUT2D eigenvalue weighted by atomic mass is 35.5. The van der Waals surface area contributed by atoms with Gasteiger partial charge in [0, 0.05) is 19.7 Å². The van der Waals surface area contributed by atoms with Crippen LogP contribution in [-0.2, 0) is 9.53 Å². The van der Waals surface area contributed by atoms with Crippen molar-refractivity contribution < 1.29 is 9.53 Å². The fourth-order valence-electron chi connectivity index (χ4n) is 2.52. The Bertz CT molecular complexity index is 239. The Kier molecular flexibility index (Phi) is 6.23. The van der Waals surface area contributed by atoms with Crippen LogP contribution in [-0.4, -0.2) is 49.2 Å². The zero-order chi connectivity index (χ0) is 11.4. The minimum Gasteiger partial charge on any atom is -0.376 e. The number of halogens is 1. The smallest absolute Gasteiger partial charge is 0.239 e. The summed E-state index contributed by atoms with van der Waals surface area (Å²) in [6.45, 7) is 5.44. The quantitative estimate of drug-likeness (QED) is 0.828. The molecule has 0 aromatic rings. The third-order valence-electron chi connectivity index (χ3n) is 3.50. The number of amides is 1. The second-order valence-corrected chi connectivity index (χ2v) is 4.66. The molecule has 0 aromatic carbocycles. The van der Waals surface area contributed by atoms with Crippen LogP contribution in [0.5, 0.6) is 0 Å². The van der Waals surface area contributed by atoms with Crippen LogP contribution in [0.4, 0.5) is 0 Å². The van der Waals surface area contributed by atoms with E-state index in [1.165, 1.54) is 0 Å². The minimum absolute atomic E-state index is 0. The largest absolute Gasteiger partial charge is 0.376 e. The van der Waals surface area contributed by atoms with Gasteiger partial charge in [0.2, 0.25) is 5.91 Å². The van der Waals surface area contributed by atoms with E-state index in [0.717, 1.165) is 51.9 Å². The summed E-state index contributed by atoms with van der Waals surface area (Å²) in [6, 6.07) is 0.0568. The molecule has 0 spiro atoms. The van der Waals surface area contributed by atoms with Crippen molar-refractivity contribution >= 4 is 18.3 Å². The number of carbonyl (C=O) groups is 1. The first-order valence-corrected chi connectivity index (χ1v) is 6.45. The van der Waals surface area contributed by atoms with Gasteiger partial charge in [0.25, 0.3) is 0 Å². The van der Waals surface area contributed by atoms with Crippen LogP contribution in [0.15, 0.2) is 0 Å². The molecule has 4 nitrogen and oxygen atoms in total. The number of nitrogens with one attached hydrogen (secondary N) is 1. The molecule has 5 heteroatoms. The van der Waals surface area contributed by atoms with E-state index in [-0.39, 0.29) is 30.5 Å². The predicted molar refractivity (Wildman–Crippen MR) is 69.5 cm³/mol. The lowest BCUT2D eigenvalue weighted by Gasteiger charge is -2.26. The Morgan fingerprint density at radius 3 is 2.76 bits per heavy atom. The second kappa shape index (κ2) is 7.19. The summed E-state index contributed by atoms with van der Waals surface area (Å²) in [5.74, 6) is 0.260. The van der Waals surface area contributed by atoms with Crippen LogP contribution in [0.2, 0.25) is 0 Å². The highest BCUT2D eigenvalue weighted by molar-refractivity contribution is 5.85. The molecule has 2 rings (SSSR count). The van der Waals surface area contributed by atoms with Crippen LogP contribution in [0, 0.1) is 0 Å². The van der Waals surface area contributed by atoms with Crippen molar-refractivity contribution in [1.82, 2.24) is 10.2 Å². The molecule has 0 aliphatic carbocycles. The molecule has 2 aliphatic rings. The van der Waals surface area contributed by atoms with E-state index < -0.39 is 0 Å². The van der Waals surface area contributed by atoms with E-state index in [9.17, 15) is 4.79 Å². The molecular formula is C12H23ClN2O2. The molecule has 1 amide bonds. The van der Waals surface area contributed by atoms with Crippen LogP contribution in [0.25, 0.3) is 0 Å². The van der Waals surface area contributed by atoms with Crippen LogP contribution in [0.3, 0.4) is 0 Å². The van der Waals surface area contributed by atoms with Gasteiger partial charge < -0.3 is 15.0 Å². The standard InChI is InChI=1S/C12H22N2O2.ClH/c1-2-14(9-10-5-4-8-16-10)12(15)11-6-3-7-13-11;/h10-11,13H,2-9H2,1H3;1H. The maximum absolute atomic E-state index is 12.2. The molecule has 0 radical (unpaired) electrons. The summed E-state index contributed by atoms with van der Waals surface area (Å²) in [5, 5.41) is 3.26. The molecule has 2 atom stereocenters. The van der Waals surface area contributed by atoms with Gasteiger partial charge in [-0.3, -0.25) is 4.79 Å². The van der Waals surface area contributed by atoms with Crippen LogP contribution in [0.1, 0.15) is 32.6 Å². The van der Waals surface area contributed by atoms with Crippen molar-refractivity contribution in [2.45, 2.75) is 44.8 Å². The van der Waals surface area contributed by atoms with E-state index in [1.54, 1.807) is 0 Å². The number of ether oxygens (including phenoxy) is 1. The highest BCUT2D eigenvalue weighted by Crippen LogP contribution is 2.15. The summed E-state index contributed by atoms with van der Waals surface area (Å²) in [6.07, 6.45) is 4.61. The van der Waals surface area contributed by atoms with Gasteiger partial charge in [-0.25, -0.2) is 0 Å². The van der Waals surface area contributed by atoms with Crippen LogP contribution < -0.4 is 5.32 Å². The summed E-state index contributed by atoms with van der Waals surface area (Å²) in [4.78, 5) is 14.1. The van der Waals surface area contributed by atoms with Gasteiger partial charge >= 0.3 is 0 Å². The number of carbonyl (C=O) groups excluding carboxylic acids is 1. The van der Waals surface area contributed by atoms with Gasteiger partial charge in [0.15, 0.2) is 0 Å². The first-order valence-electron chi connectivity index (χ1n) is 6.45. The minimum atomic E-state index is 0. The normalized spacial score (nSPS) is 27.8. The fourth-order valence-corrected chi connectivity index (χ4v) is 2.52. The number of likely N-dealkylation sites (N-methyl/N-ethyl adjacent to an activating group) is 1. The highest BCUT2D eigenvalue weighted by Gasteiger charge is 2.28. The topological polar surface area (TPSA) is 41.6 Å². The SMILES string of the molecule is CCN(CC1CCCO1)C(=O)C1CCCN1.Cl. The summed E-state index contributed by atoms with van der Waals surface area (Å²) in [5.41, 5.74) is 0. The zero-order valence-corrected chi connectivity index (χ0v) is 11.3. The summed E-state index contributed by atoms with van der Waals surface area (Å²) < 4.78 is 5.58. The second-order valence-electron chi connectivity index (χ2n) is 4.66. The van der Waals surface area contributed by atoms with Crippen molar-refractivity contribution in [2.24, 2.45) is 0 Å². The number of nitrogens with zero attached hydrogens (tertiary/aromatic N) is 1. The molecule has 100 valence electrons. The fraction of sp³-hybridized carbons (Fsp3) is 0.917. The molecule has 2 heterocycles. The summed E-state index contributed by atoms with van der Waals surface area (Å²) >= 11 is 0. The molecule has 2 aliphatic heterocycles. The molecule has 17 heavy (non-hydrogen) atoms. The average Bonchev–Trinajstić information content (AvgIpc) is 2.97.